The molecule has 126 valence electrons. The zero-order valence-corrected chi connectivity index (χ0v) is 14.5. The third kappa shape index (κ3) is 2.65. The molecule has 1 N–H and O–H groups in total. The maximum atomic E-state index is 12.0. The second-order valence-electron chi connectivity index (χ2n) is 5.61. The van der Waals surface area contributed by atoms with Gasteiger partial charge in [0.15, 0.2) is 11.5 Å². The Morgan fingerprint density at radius 3 is 2.71 bits per heavy atom. The summed E-state index contributed by atoms with van der Waals surface area (Å²) in [5.74, 6) is 0.801. The molecule has 8 heteroatoms. The second-order valence-corrected chi connectivity index (χ2v) is 5.99. The predicted molar refractivity (Wildman–Crippen MR) is 95.4 cm³/mol. The van der Waals surface area contributed by atoms with Crippen LogP contribution in [0.3, 0.4) is 0 Å². The molecule has 0 aromatic heterocycles. The molecule has 0 aliphatic carbocycles. The lowest BCUT2D eigenvalue weighted by atomic mass is 10.1. The molecule has 0 atom stereocenters. The number of hydrogen-bond acceptors (Lipinski definition) is 5. The molecule has 0 saturated carbocycles. The van der Waals surface area contributed by atoms with E-state index in [0.29, 0.717) is 11.4 Å². The van der Waals surface area contributed by atoms with Crippen molar-refractivity contribution < 1.29 is 0 Å². The van der Waals surface area contributed by atoms with Crippen LogP contribution in [-0.4, -0.2) is 38.5 Å². The van der Waals surface area contributed by atoms with Crippen molar-refractivity contribution in [2.24, 2.45) is 7.05 Å². The van der Waals surface area contributed by atoms with Gasteiger partial charge in [-0.25, -0.2) is 9.78 Å². The molecule has 0 radical (unpaired) electrons. The third-order valence-electron chi connectivity index (χ3n) is 4.14. The quantitative estimate of drug-likeness (QED) is 0.571. The molecule has 0 unspecified atom stereocenters. The van der Waals surface area contributed by atoms with Gasteiger partial charge in [-0.1, -0.05) is 0 Å². The largest absolute Gasteiger partial charge is 0.370 e. The number of hydrogen-bond donors (Lipinski definition) is 1. The highest BCUT2D eigenvalue weighted by molar-refractivity contribution is 6.18. The number of rotatable bonds is 4. The number of benzene rings is 1. The average molecular weight is 348 g/mol. The van der Waals surface area contributed by atoms with Crippen LogP contribution in [0.5, 0.6) is 0 Å². The summed E-state index contributed by atoms with van der Waals surface area (Å²) in [6, 6.07) is 3.94. The minimum Gasteiger partial charge on any atom is -0.370 e. The topological polar surface area (TPSA) is 83.9 Å². The van der Waals surface area contributed by atoms with Crippen LogP contribution in [0.4, 0.5) is 5.69 Å². The first-order valence-electron chi connectivity index (χ1n) is 7.68. The Kier molecular flexibility index (Phi) is 4.28. The molecule has 3 rings (SSSR count). The Hall–Kier alpha value is -2.41. The number of alkyl halides is 1. The number of nitrogens with one attached hydrogen (secondary N) is 1. The lowest BCUT2D eigenvalue weighted by molar-refractivity contribution is 0.855. The van der Waals surface area contributed by atoms with E-state index in [1.54, 1.807) is 11.6 Å². The number of H-pyrrole nitrogens is 1. The lowest BCUT2D eigenvalue weighted by Crippen LogP contribution is -2.28. The van der Waals surface area contributed by atoms with Gasteiger partial charge < -0.3 is 9.47 Å². The van der Waals surface area contributed by atoms with E-state index in [1.807, 2.05) is 19.1 Å². The molecule has 7 nitrogen and oxygen atoms in total. The zero-order valence-electron chi connectivity index (χ0n) is 13.8. The van der Waals surface area contributed by atoms with Gasteiger partial charge in [-0.2, -0.15) is 4.98 Å². The number of aryl methyl sites for hydroxylation is 2. The van der Waals surface area contributed by atoms with Crippen LogP contribution >= 0.6 is 11.6 Å². The molecule has 1 aromatic carbocycles. The molecule has 24 heavy (non-hydrogen) atoms. The summed E-state index contributed by atoms with van der Waals surface area (Å²) in [7, 11) is 1.77. The van der Waals surface area contributed by atoms with E-state index < -0.39 is 11.2 Å². The number of nitrogens with zero attached hydrogens (tertiary/aromatic N) is 4. The molecular weight excluding hydrogens is 330 g/mol. The highest BCUT2D eigenvalue weighted by Gasteiger charge is 2.18. The highest BCUT2D eigenvalue weighted by Crippen LogP contribution is 2.28. The van der Waals surface area contributed by atoms with Crippen molar-refractivity contribution >= 4 is 28.3 Å². The van der Waals surface area contributed by atoms with Gasteiger partial charge >= 0.3 is 5.69 Å². The highest BCUT2D eigenvalue weighted by atomic mass is 35.5. The summed E-state index contributed by atoms with van der Waals surface area (Å²) in [6.07, 6.45) is 0. The maximum absolute atomic E-state index is 12.0. The first-order chi connectivity index (χ1) is 11.5. The van der Waals surface area contributed by atoms with E-state index in [-0.39, 0.29) is 11.5 Å². The van der Waals surface area contributed by atoms with Crippen LogP contribution in [0.15, 0.2) is 21.7 Å². The van der Waals surface area contributed by atoms with Crippen LogP contribution < -0.4 is 16.1 Å². The van der Waals surface area contributed by atoms with Gasteiger partial charge in [0.05, 0.1) is 11.0 Å². The Labute approximate surface area is 143 Å². The summed E-state index contributed by atoms with van der Waals surface area (Å²) < 4.78 is 1.73. The first-order valence-corrected chi connectivity index (χ1v) is 8.22. The molecule has 2 heterocycles. The van der Waals surface area contributed by atoms with Crippen molar-refractivity contribution in [3.05, 3.63) is 38.5 Å². The number of halogens is 1. The second kappa shape index (κ2) is 6.24. The fourth-order valence-electron chi connectivity index (χ4n) is 2.92. The van der Waals surface area contributed by atoms with E-state index in [4.69, 9.17) is 11.6 Å². The summed E-state index contributed by atoms with van der Waals surface area (Å²) in [5.41, 5.74) is 2.54. The van der Waals surface area contributed by atoms with Crippen LogP contribution in [-0.2, 0) is 7.05 Å². The van der Waals surface area contributed by atoms with Crippen molar-refractivity contribution in [1.29, 1.82) is 0 Å². The van der Waals surface area contributed by atoms with Crippen molar-refractivity contribution in [2.45, 2.75) is 13.8 Å². The fourth-order valence-corrected chi connectivity index (χ4v) is 3.13. The van der Waals surface area contributed by atoms with Crippen molar-refractivity contribution in [2.75, 3.05) is 23.9 Å². The molecule has 0 spiro atoms. The lowest BCUT2D eigenvalue weighted by Gasteiger charge is -2.25. The first kappa shape index (κ1) is 16.4. The smallest absolute Gasteiger partial charge is 0.349 e. The van der Waals surface area contributed by atoms with Gasteiger partial charge in [0.1, 0.15) is 0 Å². The van der Waals surface area contributed by atoms with Gasteiger partial charge in [0, 0.05) is 31.7 Å². The van der Waals surface area contributed by atoms with E-state index in [0.717, 1.165) is 29.9 Å². The fraction of sp³-hybridized carbons (Fsp3) is 0.375. The van der Waals surface area contributed by atoms with Gasteiger partial charge in [-0.05, 0) is 31.5 Å². The monoisotopic (exact) mass is 347 g/mol. The van der Waals surface area contributed by atoms with Crippen LogP contribution in [0.2, 0.25) is 0 Å². The Morgan fingerprint density at radius 1 is 1.29 bits per heavy atom. The normalized spacial score (nSPS) is 11.3. The van der Waals surface area contributed by atoms with Crippen molar-refractivity contribution in [3.8, 4) is 11.5 Å². The Balaban J connectivity index is 2.35. The molecule has 0 fully saturated rings. The van der Waals surface area contributed by atoms with Crippen molar-refractivity contribution in [3.63, 3.8) is 0 Å². The minimum atomic E-state index is -0.672. The third-order valence-corrected chi connectivity index (χ3v) is 4.31. The van der Waals surface area contributed by atoms with Crippen LogP contribution in [0.25, 0.3) is 22.6 Å². The zero-order chi connectivity index (χ0) is 17.4. The van der Waals surface area contributed by atoms with E-state index in [1.165, 1.54) is 0 Å². The average Bonchev–Trinajstić information content (AvgIpc) is 2.54. The van der Waals surface area contributed by atoms with Gasteiger partial charge in [0.25, 0.3) is 5.56 Å². The van der Waals surface area contributed by atoms with Crippen molar-refractivity contribution in [1.82, 2.24) is 19.5 Å². The molecular formula is C16H18ClN5O2. The molecule has 1 aromatic rings. The van der Waals surface area contributed by atoms with Gasteiger partial charge in [0.2, 0.25) is 0 Å². The standard InChI is InChI=1S/C16H18ClN5O2/c1-4-22(6-5-17)11-8-12-10(7-9(11)2)18-13-14(21(12)3)19-16(24)20-15(13)23/h7-8H,4-6H2,1-3H3,(H,20,23,24). The number of fused-ring (bicyclic) bond motifs is 2. The van der Waals surface area contributed by atoms with E-state index in [9.17, 15) is 9.59 Å². The molecule has 2 aliphatic heterocycles. The number of anilines is 1. The molecule has 0 amide bonds. The van der Waals surface area contributed by atoms with Gasteiger partial charge in [-0.15, -0.1) is 11.6 Å². The summed E-state index contributed by atoms with van der Waals surface area (Å²) in [4.78, 5) is 36.1. The Bertz CT molecular complexity index is 994. The SMILES string of the molecule is CCN(CCCl)c1cc2c(cc1C)nc1c(=O)[nH]c(=O)nc-1n2C. The summed E-state index contributed by atoms with van der Waals surface area (Å²) in [6.45, 7) is 5.63. The summed E-state index contributed by atoms with van der Waals surface area (Å²) in [5, 5.41) is 0. The molecule has 0 saturated heterocycles. The summed E-state index contributed by atoms with van der Waals surface area (Å²) >= 11 is 5.90. The number of aromatic nitrogens is 4. The predicted octanol–water partition coefficient (Wildman–Crippen LogP) is 1.50. The Morgan fingerprint density at radius 2 is 2.04 bits per heavy atom. The molecule has 2 aliphatic rings. The number of aromatic amines is 1. The minimum absolute atomic E-state index is 0.157. The van der Waals surface area contributed by atoms with Crippen LogP contribution in [0.1, 0.15) is 12.5 Å². The van der Waals surface area contributed by atoms with E-state index in [2.05, 4.69) is 26.8 Å². The molecule has 0 bridgehead atoms. The van der Waals surface area contributed by atoms with E-state index >= 15 is 0 Å². The maximum Gasteiger partial charge on any atom is 0.349 e. The van der Waals surface area contributed by atoms with Crippen LogP contribution in [0, 0.1) is 6.92 Å². The van der Waals surface area contributed by atoms with Gasteiger partial charge in [-0.3, -0.25) is 9.78 Å².